The standard InChI is InChI=1S/C26H22N2O3/c29-26(30)20-6-2-1-5-19(20)25-21-9-7-17(27-11-3-12-27)15-23(21)31-24-16-18(8-10-22(24)25)28-13-4-14-28/h1-2,5-10,15-16H,3-4,11-14H2/p+1/i1D,2D,5D,6D,7D,8D,9D,10D,15D,16D. The van der Waals surface area contributed by atoms with E-state index >= 15 is 0 Å². The third-order valence-corrected chi connectivity index (χ3v) is 5.73. The largest absolute Gasteiger partial charge is 0.478 e. The molecule has 5 heteroatoms. The summed E-state index contributed by atoms with van der Waals surface area (Å²) in [5.41, 5.74) is -2.07. The summed E-state index contributed by atoms with van der Waals surface area (Å²) in [6.45, 7) is 2.17. The van der Waals surface area contributed by atoms with Crippen molar-refractivity contribution in [1.29, 1.82) is 0 Å². The molecule has 0 saturated carbocycles. The Morgan fingerprint density at radius 2 is 1.39 bits per heavy atom. The van der Waals surface area contributed by atoms with Crippen LogP contribution in [0.4, 0.5) is 11.4 Å². The molecule has 3 aromatic carbocycles. The predicted molar refractivity (Wildman–Crippen MR) is 124 cm³/mol. The van der Waals surface area contributed by atoms with E-state index in [1.165, 1.54) is 0 Å². The number of carboxylic acids is 1. The molecule has 0 spiro atoms. The van der Waals surface area contributed by atoms with Crippen LogP contribution in [0.3, 0.4) is 0 Å². The molecular formula is C26H23N2O3+. The number of hydrogen-bond donors (Lipinski definition) is 1. The van der Waals surface area contributed by atoms with Gasteiger partial charge in [-0.05, 0) is 48.6 Å². The van der Waals surface area contributed by atoms with E-state index in [1.807, 2.05) is 0 Å². The summed E-state index contributed by atoms with van der Waals surface area (Å²) < 4.78 is 92.8. The second-order valence-electron chi connectivity index (χ2n) is 7.57. The molecule has 0 bridgehead atoms. The van der Waals surface area contributed by atoms with Crippen molar-refractivity contribution >= 4 is 39.3 Å². The van der Waals surface area contributed by atoms with Gasteiger partial charge in [-0.25, -0.2) is 9.21 Å². The summed E-state index contributed by atoms with van der Waals surface area (Å²) >= 11 is 0. The summed E-state index contributed by atoms with van der Waals surface area (Å²) in [7, 11) is 0. The second kappa shape index (κ2) is 6.98. The van der Waals surface area contributed by atoms with Crippen LogP contribution in [0.1, 0.15) is 36.9 Å². The first-order valence-corrected chi connectivity index (χ1v) is 10.0. The van der Waals surface area contributed by atoms with Crippen molar-refractivity contribution in [3.8, 4) is 11.1 Å². The topological polar surface area (TPSA) is 55.1 Å². The van der Waals surface area contributed by atoms with Crippen LogP contribution < -0.4 is 9.80 Å². The second-order valence-corrected chi connectivity index (χ2v) is 7.57. The highest BCUT2D eigenvalue weighted by Crippen LogP contribution is 2.41. The average molecular weight is 422 g/mol. The highest BCUT2D eigenvalue weighted by molar-refractivity contribution is 6.12. The molecule has 2 saturated heterocycles. The molecule has 0 atom stereocenters. The molecule has 0 amide bonds. The van der Waals surface area contributed by atoms with E-state index in [2.05, 4.69) is 0 Å². The van der Waals surface area contributed by atoms with Crippen molar-refractivity contribution < 1.29 is 28.0 Å². The molecule has 5 nitrogen and oxygen atoms in total. The van der Waals surface area contributed by atoms with Gasteiger partial charge in [-0.2, -0.15) is 0 Å². The quantitative estimate of drug-likeness (QED) is 0.341. The maximum atomic E-state index is 12.5. The Bertz CT molecular complexity index is 1770. The van der Waals surface area contributed by atoms with Gasteiger partial charge in [0.2, 0.25) is 0 Å². The molecular weight excluding hydrogens is 388 g/mol. The zero-order chi connectivity index (χ0) is 29.7. The minimum atomic E-state index is -1.70. The first-order valence-electron chi connectivity index (χ1n) is 15.0. The Hall–Kier alpha value is -3.60. The van der Waals surface area contributed by atoms with Gasteiger partial charge >= 0.3 is 17.1 Å². The van der Waals surface area contributed by atoms with Crippen LogP contribution in [0.5, 0.6) is 0 Å². The number of nitrogens with zero attached hydrogens (tertiary/aromatic N) is 2. The third kappa shape index (κ3) is 2.92. The SMILES string of the molecule is [2H]c1c([2H])c([2H])c(-c2c3c([2H])c([2H])c(N4CCC4)c([2H])c3[o+]c3c([2H])c(N4CCC4)c([2H])c([2H])c23)c(C(=O)O)c1[2H]. The lowest BCUT2D eigenvalue weighted by molar-refractivity contribution is 0.0697. The van der Waals surface area contributed by atoms with Crippen LogP contribution >= 0.6 is 0 Å². The van der Waals surface area contributed by atoms with Crippen LogP contribution in [0.15, 0.2) is 64.8 Å². The van der Waals surface area contributed by atoms with Crippen molar-refractivity contribution in [2.24, 2.45) is 0 Å². The van der Waals surface area contributed by atoms with E-state index in [-0.39, 0.29) is 63.0 Å². The molecule has 0 aliphatic carbocycles. The highest BCUT2D eigenvalue weighted by Gasteiger charge is 2.26. The van der Waals surface area contributed by atoms with Gasteiger partial charge in [-0.3, -0.25) is 0 Å². The van der Waals surface area contributed by atoms with Crippen LogP contribution in [0.2, 0.25) is 0 Å². The molecule has 0 unspecified atom stereocenters. The molecule has 3 heterocycles. The maximum absolute atomic E-state index is 12.5. The zero-order valence-electron chi connectivity index (χ0n) is 26.4. The number of anilines is 2. The fourth-order valence-electron chi connectivity index (χ4n) is 3.80. The third-order valence-electron chi connectivity index (χ3n) is 5.73. The number of benzene rings is 3. The smallest absolute Gasteiger partial charge is 0.363 e. The van der Waals surface area contributed by atoms with E-state index in [4.69, 9.17) is 18.1 Å². The number of carboxylic acid groups (broad SMARTS) is 1. The molecule has 31 heavy (non-hydrogen) atoms. The van der Waals surface area contributed by atoms with Crippen molar-refractivity contribution in [1.82, 2.24) is 0 Å². The molecule has 154 valence electrons. The Morgan fingerprint density at radius 3 is 1.87 bits per heavy atom. The Balaban J connectivity index is 1.93. The first-order chi connectivity index (χ1) is 19.4. The summed E-state index contributed by atoms with van der Waals surface area (Å²) in [6, 6.07) is -5.51. The minimum Gasteiger partial charge on any atom is -0.478 e. The molecule has 1 N–H and O–H groups in total. The monoisotopic (exact) mass is 421 g/mol. The number of hydrogen-bond acceptors (Lipinski definition) is 3. The summed E-state index contributed by atoms with van der Waals surface area (Å²) in [4.78, 5) is 16.0. The Labute approximate surface area is 194 Å². The minimum absolute atomic E-state index is 0.119. The van der Waals surface area contributed by atoms with Crippen molar-refractivity contribution in [3.05, 3.63) is 66.0 Å². The molecule has 1 aromatic heterocycles. The van der Waals surface area contributed by atoms with E-state index in [0.717, 1.165) is 12.8 Å². The molecule has 4 aromatic rings. The summed E-state index contributed by atoms with van der Waals surface area (Å²) in [5.74, 6) is -1.70. The van der Waals surface area contributed by atoms with Gasteiger partial charge in [0.05, 0.1) is 42.1 Å². The van der Waals surface area contributed by atoms with Gasteiger partial charge < -0.3 is 14.9 Å². The van der Waals surface area contributed by atoms with Crippen LogP contribution in [0, 0.1) is 0 Å². The normalized spacial score (nSPS) is 20.3. The summed E-state index contributed by atoms with van der Waals surface area (Å²) in [6.07, 6.45) is 1.63. The molecule has 2 aliphatic heterocycles. The zero-order valence-corrected chi connectivity index (χ0v) is 16.4. The maximum Gasteiger partial charge on any atom is 0.363 e. The van der Waals surface area contributed by atoms with Gasteiger partial charge in [-0.15, -0.1) is 0 Å². The lowest BCUT2D eigenvalue weighted by Gasteiger charge is -2.33. The fraction of sp³-hybridized carbons (Fsp3) is 0.231. The number of carbonyl (C=O) groups is 1. The van der Waals surface area contributed by atoms with E-state index in [9.17, 15) is 9.90 Å². The van der Waals surface area contributed by atoms with Crippen molar-refractivity contribution in [2.75, 3.05) is 36.0 Å². The van der Waals surface area contributed by atoms with Crippen molar-refractivity contribution in [3.63, 3.8) is 0 Å². The van der Waals surface area contributed by atoms with E-state index < -0.39 is 53.4 Å². The molecule has 2 fully saturated rings. The lowest BCUT2D eigenvalue weighted by Crippen LogP contribution is -2.36. The Morgan fingerprint density at radius 1 is 0.839 bits per heavy atom. The average Bonchev–Trinajstić information content (AvgIpc) is 2.88. The number of aromatic carboxylic acids is 1. The van der Waals surface area contributed by atoms with Crippen LogP contribution in [0.25, 0.3) is 33.1 Å². The predicted octanol–water partition coefficient (Wildman–Crippen LogP) is 5.65. The fourth-order valence-corrected chi connectivity index (χ4v) is 3.80. The number of rotatable bonds is 4. The molecule has 2 aliphatic rings. The summed E-state index contributed by atoms with van der Waals surface area (Å²) in [5, 5.41) is 9.54. The highest BCUT2D eigenvalue weighted by atomic mass is 16.4. The number of fused-ring (bicyclic) bond motifs is 2. The van der Waals surface area contributed by atoms with Gasteiger partial charge in [0.25, 0.3) is 0 Å². The Kier molecular flexibility index (Phi) is 2.39. The van der Waals surface area contributed by atoms with Gasteiger partial charge in [0.1, 0.15) is 0 Å². The van der Waals surface area contributed by atoms with Crippen LogP contribution in [-0.4, -0.2) is 37.3 Å². The lowest BCUT2D eigenvalue weighted by atomic mass is 9.93. The van der Waals surface area contributed by atoms with Gasteiger partial charge in [-0.1, -0.05) is 18.1 Å². The van der Waals surface area contributed by atoms with E-state index in [0.29, 0.717) is 26.2 Å². The molecule has 0 radical (unpaired) electrons. The van der Waals surface area contributed by atoms with Gasteiger partial charge in [0.15, 0.2) is 0 Å². The van der Waals surface area contributed by atoms with Gasteiger partial charge in [0, 0.05) is 43.1 Å². The van der Waals surface area contributed by atoms with Crippen molar-refractivity contribution in [2.45, 2.75) is 12.8 Å². The van der Waals surface area contributed by atoms with Crippen LogP contribution in [-0.2, 0) is 0 Å². The van der Waals surface area contributed by atoms with E-state index in [1.54, 1.807) is 9.80 Å². The molecule has 6 rings (SSSR count). The first kappa shape index (κ1) is 10.6.